The molecule has 1 aromatic heterocycles. The van der Waals surface area contributed by atoms with Crippen molar-refractivity contribution < 1.29 is 18.7 Å². The van der Waals surface area contributed by atoms with Crippen LogP contribution in [0.25, 0.3) is 11.0 Å². The molecule has 9 heteroatoms. The molecule has 4 aromatic carbocycles. The van der Waals surface area contributed by atoms with Crippen LogP contribution in [0.5, 0.6) is 5.75 Å². The number of carbonyl (C=O) groups excluding carboxylic acids is 2. The van der Waals surface area contributed by atoms with Crippen molar-refractivity contribution in [3.63, 3.8) is 0 Å². The Kier molecular flexibility index (Phi) is 7.58. The van der Waals surface area contributed by atoms with Crippen molar-refractivity contribution in [3.8, 4) is 5.75 Å². The Morgan fingerprint density at radius 3 is 2.36 bits per heavy atom. The lowest BCUT2D eigenvalue weighted by molar-refractivity contribution is -0.127. The molecule has 0 spiro atoms. The van der Waals surface area contributed by atoms with Gasteiger partial charge in [-0.15, -0.1) is 5.10 Å². The summed E-state index contributed by atoms with van der Waals surface area (Å²) in [5.41, 5.74) is 2.63. The molecular weight excluding hydrogens is 497 g/mol. The van der Waals surface area contributed by atoms with E-state index in [-0.39, 0.29) is 18.7 Å². The largest absolute Gasteiger partial charge is 0.497 e. The zero-order chi connectivity index (χ0) is 27.2. The van der Waals surface area contributed by atoms with Crippen molar-refractivity contribution in [2.45, 2.75) is 19.1 Å². The van der Waals surface area contributed by atoms with Gasteiger partial charge in [0.2, 0.25) is 11.8 Å². The van der Waals surface area contributed by atoms with Crippen molar-refractivity contribution in [2.75, 3.05) is 12.0 Å². The molecule has 2 amide bonds. The van der Waals surface area contributed by atoms with Gasteiger partial charge >= 0.3 is 0 Å². The lowest BCUT2D eigenvalue weighted by atomic mass is 10.0. The second-order valence-electron chi connectivity index (χ2n) is 8.83. The number of rotatable bonds is 9. The Bertz CT molecular complexity index is 1590. The number of carbonyl (C=O) groups is 2. The van der Waals surface area contributed by atoms with Crippen LogP contribution >= 0.6 is 0 Å². The van der Waals surface area contributed by atoms with Crippen molar-refractivity contribution in [1.82, 2.24) is 20.3 Å². The molecule has 5 aromatic rings. The molecule has 0 aliphatic rings. The number of nitrogens with zero attached hydrogens (tertiary/aromatic N) is 4. The molecule has 0 saturated heterocycles. The van der Waals surface area contributed by atoms with Crippen LogP contribution in [0.3, 0.4) is 0 Å². The van der Waals surface area contributed by atoms with Gasteiger partial charge in [0.15, 0.2) is 0 Å². The van der Waals surface area contributed by atoms with E-state index in [9.17, 15) is 9.59 Å². The van der Waals surface area contributed by atoms with Crippen molar-refractivity contribution in [3.05, 3.63) is 120 Å². The first kappa shape index (κ1) is 25.6. The molecule has 0 aliphatic heterocycles. The number of benzene rings is 4. The topological polar surface area (TPSA) is 89.3 Å². The summed E-state index contributed by atoms with van der Waals surface area (Å²) in [6.07, 6.45) is 0. The number of amides is 2. The van der Waals surface area contributed by atoms with Gasteiger partial charge in [0.05, 0.1) is 12.6 Å². The summed E-state index contributed by atoms with van der Waals surface area (Å²) >= 11 is 0. The molecule has 0 saturated carbocycles. The summed E-state index contributed by atoms with van der Waals surface area (Å²) in [6.45, 7) is -0.00750. The SMILES string of the molecule is COc1ccc(N(C(=O)Cn2nnc3ccccc32)[C@@H](C(=O)NCc2ccccc2)c2ccccc2F)cc1. The lowest BCUT2D eigenvalue weighted by Crippen LogP contribution is -2.45. The van der Waals surface area contributed by atoms with Gasteiger partial charge in [0.1, 0.15) is 29.7 Å². The number of ether oxygens (including phenoxy) is 1. The predicted molar refractivity (Wildman–Crippen MR) is 145 cm³/mol. The van der Waals surface area contributed by atoms with Gasteiger partial charge in [-0.2, -0.15) is 0 Å². The van der Waals surface area contributed by atoms with Crippen LogP contribution in [0.2, 0.25) is 0 Å². The smallest absolute Gasteiger partial charge is 0.249 e. The van der Waals surface area contributed by atoms with Gasteiger partial charge < -0.3 is 10.1 Å². The number of nitrogens with one attached hydrogen (secondary N) is 1. The third kappa shape index (κ3) is 5.62. The summed E-state index contributed by atoms with van der Waals surface area (Å²) in [7, 11) is 1.53. The normalized spacial score (nSPS) is 11.6. The fourth-order valence-corrected chi connectivity index (χ4v) is 4.39. The van der Waals surface area contributed by atoms with E-state index in [1.165, 1.54) is 28.8 Å². The number of aromatic nitrogens is 3. The third-order valence-corrected chi connectivity index (χ3v) is 6.34. The Hall–Kier alpha value is -5.05. The van der Waals surface area contributed by atoms with E-state index in [0.29, 0.717) is 22.5 Å². The first-order valence-corrected chi connectivity index (χ1v) is 12.4. The first-order chi connectivity index (χ1) is 19.0. The van der Waals surface area contributed by atoms with Gasteiger partial charge in [-0.1, -0.05) is 65.9 Å². The molecule has 1 N–H and O–H groups in total. The van der Waals surface area contributed by atoms with Gasteiger partial charge in [0.25, 0.3) is 0 Å². The first-order valence-electron chi connectivity index (χ1n) is 12.4. The third-order valence-electron chi connectivity index (χ3n) is 6.34. The number of halogens is 1. The fourth-order valence-electron chi connectivity index (χ4n) is 4.39. The number of para-hydroxylation sites is 1. The number of hydrogen-bond acceptors (Lipinski definition) is 5. The number of hydrogen-bond donors (Lipinski definition) is 1. The standard InChI is InChI=1S/C30H26FN5O3/c1-39-23-17-15-22(16-18-23)36(28(37)20-35-27-14-8-7-13-26(27)33-34-35)29(24-11-5-6-12-25(24)31)30(38)32-19-21-9-3-2-4-10-21/h2-18,29H,19-20H2,1H3,(H,32,38)/t29-/m1/s1. The maximum Gasteiger partial charge on any atom is 0.249 e. The van der Waals surface area contributed by atoms with E-state index < -0.39 is 23.7 Å². The highest BCUT2D eigenvalue weighted by Crippen LogP contribution is 2.31. The fraction of sp³-hybridized carbons (Fsp3) is 0.133. The molecular formula is C30H26FN5O3. The van der Waals surface area contributed by atoms with E-state index in [1.54, 1.807) is 48.5 Å². The minimum Gasteiger partial charge on any atom is -0.497 e. The summed E-state index contributed by atoms with van der Waals surface area (Å²) in [6, 6.07) is 28.0. The maximum atomic E-state index is 15.2. The van der Waals surface area contributed by atoms with Crippen LogP contribution in [0.1, 0.15) is 17.2 Å². The summed E-state index contributed by atoms with van der Waals surface area (Å²) < 4.78 is 22.0. The monoisotopic (exact) mass is 523 g/mol. The molecule has 5 rings (SSSR count). The molecule has 0 bridgehead atoms. The van der Waals surface area contributed by atoms with Crippen LogP contribution in [-0.4, -0.2) is 33.9 Å². The Balaban J connectivity index is 1.56. The van der Waals surface area contributed by atoms with Crippen molar-refractivity contribution in [1.29, 1.82) is 0 Å². The second-order valence-corrected chi connectivity index (χ2v) is 8.83. The molecule has 0 radical (unpaired) electrons. The van der Waals surface area contributed by atoms with Gasteiger partial charge in [-0.25, -0.2) is 9.07 Å². The molecule has 39 heavy (non-hydrogen) atoms. The Morgan fingerprint density at radius 1 is 0.923 bits per heavy atom. The van der Waals surface area contributed by atoms with E-state index >= 15 is 4.39 Å². The summed E-state index contributed by atoms with van der Waals surface area (Å²) in [5.74, 6) is -1.03. The van der Waals surface area contributed by atoms with Crippen LogP contribution in [0.4, 0.5) is 10.1 Å². The van der Waals surface area contributed by atoms with Crippen molar-refractivity contribution >= 4 is 28.5 Å². The second kappa shape index (κ2) is 11.6. The molecule has 1 atom stereocenters. The van der Waals surface area contributed by atoms with Gasteiger partial charge in [-0.3, -0.25) is 14.5 Å². The molecule has 196 valence electrons. The van der Waals surface area contributed by atoms with Crippen LogP contribution in [0, 0.1) is 5.82 Å². The molecule has 0 aliphatic carbocycles. The zero-order valence-corrected chi connectivity index (χ0v) is 21.2. The molecule has 0 fully saturated rings. The van der Waals surface area contributed by atoms with Gasteiger partial charge in [0, 0.05) is 17.8 Å². The van der Waals surface area contributed by atoms with Crippen LogP contribution in [-0.2, 0) is 22.7 Å². The quantitative estimate of drug-likeness (QED) is 0.303. The van der Waals surface area contributed by atoms with E-state index in [0.717, 1.165) is 5.56 Å². The average molecular weight is 524 g/mol. The van der Waals surface area contributed by atoms with Crippen LogP contribution < -0.4 is 15.0 Å². The number of methoxy groups -OCH3 is 1. The highest BCUT2D eigenvalue weighted by Gasteiger charge is 2.35. The Labute approximate surface area is 224 Å². The highest BCUT2D eigenvalue weighted by atomic mass is 19.1. The summed E-state index contributed by atoms with van der Waals surface area (Å²) in [4.78, 5) is 29.1. The molecule has 1 heterocycles. The maximum absolute atomic E-state index is 15.2. The zero-order valence-electron chi connectivity index (χ0n) is 21.2. The number of fused-ring (bicyclic) bond motifs is 1. The summed E-state index contributed by atoms with van der Waals surface area (Å²) in [5, 5.41) is 11.1. The molecule has 8 nitrogen and oxygen atoms in total. The van der Waals surface area contributed by atoms with E-state index in [1.807, 2.05) is 42.5 Å². The Morgan fingerprint density at radius 2 is 1.62 bits per heavy atom. The average Bonchev–Trinajstić information content (AvgIpc) is 3.38. The molecule has 0 unspecified atom stereocenters. The van der Waals surface area contributed by atoms with Crippen molar-refractivity contribution in [2.24, 2.45) is 0 Å². The van der Waals surface area contributed by atoms with Gasteiger partial charge in [-0.05, 0) is 48.0 Å². The highest BCUT2D eigenvalue weighted by molar-refractivity contribution is 6.01. The van der Waals surface area contributed by atoms with E-state index in [4.69, 9.17) is 4.74 Å². The minimum atomic E-state index is -1.30. The predicted octanol–water partition coefficient (Wildman–Crippen LogP) is 4.67. The van der Waals surface area contributed by atoms with E-state index in [2.05, 4.69) is 15.6 Å². The van der Waals surface area contributed by atoms with Crippen LogP contribution in [0.15, 0.2) is 103 Å². The minimum absolute atomic E-state index is 0.0654. The number of anilines is 1. The lowest BCUT2D eigenvalue weighted by Gasteiger charge is -2.32.